The van der Waals surface area contributed by atoms with E-state index in [1.807, 2.05) is 31.2 Å². The second-order valence-electron chi connectivity index (χ2n) is 5.32. The van der Waals surface area contributed by atoms with Crippen LogP contribution >= 0.6 is 0 Å². The molecule has 1 saturated carbocycles. The minimum absolute atomic E-state index is 0.0323. The van der Waals surface area contributed by atoms with Crippen LogP contribution in [0.25, 0.3) is 0 Å². The van der Waals surface area contributed by atoms with Crippen LogP contribution in [0.5, 0.6) is 0 Å². The fourth-order valence-electron chi connectivity index (χ4n) is 2.57. The third-order valence-corrected chi connectivity index (χ3v) is 3.81. The molecular weight excluding hydrogens is 226 g/mol. The Balaban J connectivity index is 2.07. The van der Waals surface area contributed by atoms with Crippen LogP contribution in [0.15, 0.2) is 24.3 Å². The SMILES string of the molecule is Cc1ccc(C(=O)NC2(CO)CCCCC2)cc1. The first-order chi connectivity index (χ1) is 8.65. The van der Waals surface area contributed by atoms with Crippen molar-refractivity contribution in [3.8, 4) is 0 Å². The molecule has 1 aliphatic rings. The molecular formula is C15H21NO2. The third-order valence-electron chi connectivity index (χ3n) is 3.81. The molecule has 2 rings (SSSR count). The van der Waals surface area contributed by atoms with Crippen LogP contribution in [-0.4, -0.2) is 23.2 Å². The lowest BCUT2D eigenvalue weighted by atomic mass is 9.82. The van der Waals surface area contributed by atoms with Crippen molar-refractivity contribution in [2.45, 2.75) is 44.6 Å². The van der Waals surface area contributed by atoms with Gasteiger partial charge < -0.3 is 10.4 Å². The number of amides is 1. The molecule has 1 fully saturated rings. The highest BCUT2D eigenvalue weighted by Gasteiger charge is 2.32. The van der Waals surface area contributed by atoms with Gasteiger partial charge in [-0.25, -0.2) is 0 Å². The van der Waals surface area contributed by atoms with Crippen molar-refractivity contribution < 1.29 is 9.90 Å². The topological polar surface area (TPSA) is 49.3 Å². The Morgan fingerprint density at radius 1 is 1.22 bits per heavy atom. The minimum atomic E-state index is -0.403. The van der Waals surface area contributed by atoms with Gasteiger partial charge in [-0.15, -0.1) is 0 Å². The number of aryl methyl sites for hydroxylation is 1. The number of benzene rings is 1. The van der Waals surface area contributed by atoms with Gasteiger partial charge in [-0.2, -0.15) is 0 Å². The van der Waals surface area contributed by atoms with Crippen LogP contribution in [0, 0.1) is 6.92 Å². The van der Waals surface area contributed by atoms with Gasteiger partial charge in [-0.05, 0) is 31.9 Å². The van der Waals surface area contributed by atoms with Gasteiger partial charge in [0.15, 0.2) is 0 Å². The molecule has 0 heterocycles. The maximum Gasteiger partial charge on any atom is 0.251 e. The van der Waals surface area contributed by atoms with Crippen LogP contribution in [0.4, 0.5) is 0 Å². The van der Waals surface area contributed by atoms with Crippen molar-refractivity contribution in [2.75, 3.05) is 6.61 Å². The van der Waals surface area contributed by atoms with Crippen molar-refractivity contribution in [3.63, 3.8) is 0 Å². The highest BCUT2D eigenvalue weighted by Crippen LogP contribution is 2.28. The zero-order valence-corrected chi connectivity index (χ0v) is 10.9. The van der Waals surface area contributed by atoms with E-state index in [9.17, 15) is 9.90 Å². The zero-order chi connectivity index (χ0) is 13.0. The van der Waals surface area contributed by atoms with E-state index in [0.717, 1.165) is 31.2 Å². The predicted octanol–water partition coefficient (Wildman–Crippen LogP) is 2.42. The van der Waals surface area contributed by atoms with E-state index in [0.29, 0.717) is 5.56 Å². The summed E-state index contributed by atoms with van der Waals surface area (Å²) in [6, 6.07) is 7.53. The molecule has 0 spiro atoms. The van der Waals surface area contributed by atoms with Crippen LogP contribution in [0.2, 0.25) is 0 Å². The number of nitrogens with one attached hydrogen (secondary N) is 1. The molecule has 3 nitrogen and oxygen atoms in total. The van der Waals surface area contributed by atoms with Crippen molar-refractivity contribution in [1.29, 1.82) is 0 Å². The third kappa shape index (κ3) is 2.91. The maximum atomic E-state index is 12.2. The molecule has 1 amide bonds. The zero-order valence-electron chi connectivity index (χ0n) is 10.9. The van der Waals surface area contributed by atoms with Gasteiger partial charge >= 0.3 is 0 Å². The summed E-state index contributed by atoms with van der Waals surface area (Å²) in [5, 5.41) is 12.6. The summed E-state index contributed by atoms with van der Waals surface area (Å²) in [6.45, 7) is 2.03. The lowest BCUT2D eigenvalue weighted by Gasteiger charge is -2.36. The predicted molar refractivity (Wildman–Crippen MR) is 71.5 cm³/mol. The quantitative estimate of drug-likeness (QED) is 0.861. The minimum Gasteiger partial charge on any atom is -0.394 e. The van der Waals surface area contributed by atoms with E-state index in [-0.39, 0.29) is 12.5 Å². The first kappa shape index (κ1) is 13.1. The van der Waals surface area contributed by atoms with Crippen molar-refractivity contribution in [3.05, 3.63) is 35.4 Å². The number of hydrogen-bond acceptors (Lipinski definition) is 2. The lowest BCUT2D eigenvalue weighted by molar-refractivity contribution is 0.0758. The highest BCUT2D eigenvalue weighted by atomic mass is 16.3. The van der Waals surface area contributed by atoms with Crippen LogP contribution < -0.4 is 5.32 Å². The number of hydrogen-bond donors (Lipinski definition) is 2. The number of rotatable bonds is 3. The van der Waals surface area contributed by atoms with Gasteiger partial charge in [0.05, 0.1) is 12.1 Å². The molecule has 3 heteroatoms. The van der Waals surface area contributed by atoms with Crippen molar-refractivity contribution in [2.24, 2.45) is 0 Å². The van der Waals surface area contributed by atoms with E-state index < -0.39 is 5.54 Å². The fraction of sp³-hybridized carbons (Fsp3) is 0.533. The van der Waals surface area contributed by atoms with Crippen LogP contribution in [0.3, 0.4) is 0 Å². The number of aliphatic hydroxyl groups is 1. The molecule has 0 saturated heterocycles. The summed E-state index contributed by atoms with van der Waals surface area (Å²) in [6.07, 6.45) is 5.10. The molecule has 0 unspecified atom stereocenters. The van der Waals surface area contributed by atoms with Gasteiger partial charge in [-0.1, -0.05) is 37.0 Å². The Labute approximate surface area is 108 Å². The Morgan fingerprint density at radius 3 is 2.39 bits per heavy atom. The smallest absolute Gasteiger partial charge is 0.251 e. The number of aliphatic hydroxyl groups excluding tert-OH is 1. The Kier molecular flexibility index (Phi) is 4.02. The van der Waals surface area contributed by atoms with Gasteiger partial charge in [0.1, 0.15) is 0 Å². The van der Waals surface area contributed by atoms with E-state index in [1.165, 1.54) is 6.42 Å². The first-order valence-electron chi connectivity index (χ1n) is 6.65. The van der Waals surface area contributed by atoms with E-state index in [4.69, 9.17) is 0 Å². The normalized spacial score (nSPS) is 18.3. The standard InChI is InChI=1S/C15H21NO2/c1-12-5-7-13(8-6-12)14(18)16-15(11-17)9-3-2-4-10-15/h5-8,17H,2-4,9-11H2,1H3,(H,16,18). The van der Waals surface area contributed by atoms with Gasteiger partial charge in [0, 0.05) is 5.56 Å². The Hall–Kier alpha value is -1.35. The molecule has 0 atom stereocenters. The summed E-state index contributed by atoms with van der Waals surface area (Å²) in [5.74, 6) is -0.0778. The molecule has 1 aliphatic carbocycles. The molecule has 1 aromatic rings. The van der Waals surface area contributed by atoms with Crippen molar-refractivity contribution in [1.82, 2.24) is 5.32 Å². The summed E-state index contributed by atoms with van der Waals surface area (Å²) in [5.41, 5.74) is 1.40. The lowest BCUT2D eigenvalue weighted by Crippen LogP contribution is -2.52. The van der Waals surface area contributed by atoms with Crippen LogP contribution in [-0.2, 0) is 0 Å². The van der Waals surface area contributed by atoms with Crippen molar-refractivity contribution >= 4 is 5.91 Å². The first-order valence-corrected chi connectivity index (χ1v) is 6.65. The van der Waals surface area contributed by atoms with E-state index >= 15 is 0 Å². The van der Waals surface area contributed by atoms with E-state index in [1.54, 1.807) is 0 Å². The Morgan fingerprint density at radius 2 is 1.83 bits per heavy atom. The summed E-state index contributed by atoms with van der Waals surface area (Å²) >= 11 is 0. The number of carbonyl (C=O) groups is 1. The van der Waals surface area contributed by atoms with E-state index in [2.05, 4.69) is 5.32 Å². The van der Waals surface area contributed by atoms with Gasteiger partial charge in [0.25, 0.3) is 5.91 Å². The second-order valence-corrected chi connectivity index (χ2v) is 5.32. The molecule has 0 aromatic heterocycles. The largest absolute Gasteiger partial charge is 0.394 e. The fourth-order valence-corrected chi connectivity index (χ4v) is 2.57. The molecule has 0 radical (unpaired) electrons. The molecule has 0 bridgehead atoms. The average Bonchev–Trinajstić information content (AvgIpc) is 2.40. The number of carbonyl (C=O) groups excluding carboxylic acids is 1. The average molecular weight is 247 g/mol. The second kappa shape index (κ2) is 5.53. The molecule has 18 heavy (non-hydrogen) atoms. The molecule has 2 N–H and O–H groups in total. The molecule has 1 aromatic carbocycles. The summed E-state index contributed by atoms with van der Waals surface area (Å²) in [7, 11) is 0. The van der Waals surface area contributed by atoms with Crippen LogP contribution in [0.1, 0.15) is 48.0 Å². The summed E-state index contributed by atoms with van der Waals surface area (Å²) in [4.78, 5) is 12.2. The highest BCUT2D eigenvalue weighted by molar-refractivity contribution is 5.94. The maximum absolute atomic E-state index is 12.2. The molecule has 98 valence electrons. The monoisotopic (exact) mass is 247 g/mol. The Bertz CT molecular complexity index is 405. The summed E-state index contributed by atoms with van der Waals surface area (Å²) < 4.78 is 0. The van der Waals surface area contributed by atoms with Gasteiger partial charge in [0.2, 0.25) is 0 Å². The molecule has 0 aliphatic heterocycles. The van der Waals surface area contributed by atoms with Gasteiger partial charge in [-0.3, -0.25) is 4.79 Å².